The number of thioether (sulfide) groups is 1. The van der Waals surface area contributed by atoms with E-state index in [-0.39, 0.29) is 12.3 Å². The maximum atomic E-state index is 12.5. The summed E-state index contributed by atoms with van der Waals surface area (Å²) in [5, 5.41) is 13.0. The summed E-state index contributed by atoms with van der Waals surface area (Å²) in [4.78, 5) is 25.1. The molecule has 0 atom stereocenters. The van der Waals surface area contributed by atoms with E-state index in [1.807, 2.05) is 37.4 Å². The topological polar surface area (TPSA) is 75.4 Å². The fourth-order valence-corrected chi connectivity index (χ4v) is 3.79. The summed E-state index contributed by atoms with van der Waals surface area (Å²) < 4.78 is 2.20. The summed E-state index contributed by atoms with van der Waals surface area (Å²) in [6.45, 7) is 2.34. The van der Waals surface area contributed by atoms with Crippen molar-refractivity contribution in [3.63, 3.8) is 0 Å². The van der Waals surface area contributed by atoms with Crippen LogP contribution in [-0.2, 0) is 9.59 Å². The van der Waals surface area contributed by atoms with E-state index in [0.717, 1.165) is 11.3 Å². The Morgan fingerprint density at radius 2 is 2.08 bits per heavy atom. The van der Waals surface area contributed by atoms with Gasteiger partial charge in [-0.15, -0.1) is 0 Å². The second-order valence-corrected chi connectivity index (χ2v) is 7.56. The standard InChI is InChI=1S/C18H17N3O3S2/c1-12-4-6-14(7-5-12)21-11-13(10-19-21)9-15-17(24)20(18(25)26-15)8-2-3-16(22)23/h4-7,9-11H,2-3,8H2,1H3,(H,22,23)/b15-9-. The monoisotopic (exact) mass is 387 g/mol. The fraction of sp³-hybridized carbons (Fsp3) is 0.222. The van der Waals surface area contributed by atoms with Crippen LogP contribution >= 0.6 is 24.0 Å². The van der Waals surface area contributed by atoms with Gasteiger partial charge < -0.3 is 5.11 Å². The molecule has 1 N–H and O–H groups in total. The zero-order valence-electron chi connectivity index (χ0n) is 14.1. The molecule has 134 valence electrons. The number of hydrogen-bond acceptors (Lipinski definition) is 5. The first kappa shape index (κ1) is 18.3. The number of amides is 1. The van der Waals surface area contributed by atoms with Crippen LogP contribution in [0.4, 0.5) is 0 Å². The number of aliphatic carboxylic acids is 1. The quantitative estimate of drug-likeness (QED) is 0.606. The molecule has 0 radical (unpaired) electrons. The first-order valence-corrected chi connectivity index (χ1v) is 9.25. The van der Waals surface area contributed by atoms with Gasteiger partial charge in [-0.25, -0.2) is 4.68 Å². The van der Waals surface area contributed by atoms with Crippen LogP contribution in [0.15, 0.2) is 41.6 Å². The van der Waals surface area contributed by atoms with Crippen molar-refractivity contribution in [3.05, 3.63) is 52.7 Å². The number of carbonyl (C=O) groups is 2. The minimum absolute atomic E-state index is 0.0133. The van der Waals surface area contributed by atoms with E-state index in [4.69, 9.17) is 17.3 Å². The second-order valence-electron chi connectivity index (χ2n) is 5.88. The van der Waals surface area contributed by atoms with Crippen molar-refractivity contribution >= 4 is 46.3 Å². The lowest BCUT2D eigenvalue weighted by Gasteiger charge is -2.13. The number of carboxylic acids is 1. The van der Waals surface area contributed by atoms with Gasteiger partial charge in [0.05, 0.1) is 16.8 Å². The average Bonchev–Trinajstić information content (AvgIpc) is 3.15. The van der Waals surface area contributed by atoms with Crippen molar-refractivity contribution in [1.29, 1.82) is 0 Å². The molecule has 26 heavy (non-hydrogen) atoms. The zero-order valence-corrected chi connectivity index (χ0v) is 15.7. The normalized spacial score (nSPS) is 15.9. The SMILES string of the molecule is Cc1ccc(-n2cc(/C=C3\SC(=S)N(CCCC(=O)O)C3=O)cn2)cc1. The Labute approximate surface area is 160 Å². The Balaban J connectivity index is 1.72. The second kappa shape index (κ2) is 7.84. The molecule has 0 bridgehead atoms. The summed E-state index contributed by atoms with van der Waals surface area (Å²) in [6, 6.07) is 7.99. The molecule has 6 nitrogen and oxygen atoms in total. The lowest BCUT2D eigenvalue weighted by atomic mass is 10.2. The summed E-state index contributed by atoms with van der Waals surface area (Å²) >= 11 is 6.47. The molecule has 1 amide bonds. The van der Waals surface area contributed by atoms with E-state index in [0.29, 0.717) is 22.2 Å². The first-order chi connectivity index (χ1) is 12.4. The number of aryl methyl sites for hydroxylation is 1. The van der Waals surface area contributed by atoms with Crippen molar-refractivity contribution in [1.82, 2.24) is 14.7 Å². The molecule has 8 heteroatoms. The third-order valence-electron chi connectivity index (χ3n) is 3.84. The summed E-state index contributed by atoms with van der Waals surface area (Å²) in [7, 11) is 0. The molecule has 1 aromatic carbocycles. The number of hydrogen-bond donors (Lipinski definition) is 1. The zero-order chi connectivity index (χ0) is 18.7. The summed E-state index contributed by atoms with van der Waals surface area (Å²) in [5.74, 6) is -1.07. The predicted molar refractivity (Wildman–Crippen MR) is 105 cm³/mol. The van der Waals surface area contributed by atoms with Gasteiger partial charge in [-0.2, -0.15) is 5.10 Å². The van der Waals surface area contributed by atoms with Crippen molar-refractivity contribution < 1.29 is 14.7 Å². The largest absolute Gasteiger partial charge is 0.481 e. The Kier molecular flexibility index (Phi) is 5.53. The van der Waals surface area contributed by atoms with Crippen LogP contribution in [0.3, 0.4) is 0 Å². The van der Waals surface area contributed by atoms with E-state index in [1.165, 1.54) is 22.2 Å². The lowest BCUT2D eigenvalue weighted by molar-refractivity contribution is -0.137. The molecule has 1 fully saturated rings. The van der Waals surface area contributed by atoms with Crippen LogP contribution in [0.25, 0.3) is 11.8 Å². The van der Waals surface area contributed by atoms with Gasteiger partial charge in [0.15, 0.2) is 0 Å². The first-order valence-electron chi connectivity index (χ1n) is 8.03. The molecular formula is C18H17N3O3S2. The Morgan fingerprint density at radius 3 is 2.77 bits per heavy atom. The summed E-state index contributed by atoms with van der Waals surface area (Å²) in [6.07, 6.45) is 5.69. The molecule has 0 unspecified atom stereocenters. The molecule has 2 aromatic rings. The molecule has 1 aromatic heterocycles. The third-order valence-corrected chi connectivity index (χ3v) is 5.22. The van der Waals surface area contributed by atoms with E-state index >= 15 is 0 Å². The minimum Gasteiger partial charge on any atom is -0.481 e. The number of carboxylic acid groups (broad SMARTS) is 1. The van der Waals surface area contributed by atoms with E-state index in [2.05, 4.69) is 5.10 Å². The minimum atomic E-state index is -0.880. The maximum absolute atomic E-state index is 12.5. The van der Waals surface area contributed by atoms with Crippen LogP contribution in [-0.4, -0.2) is 42.5 Å². The van der Waals surface area contributed by atoms with Gasteiger partial charge in [-0.1, -0.05) is 41.7 Å². The van der Waals surface area contributed by atoms with E-state index in [9.17, 15) is 9.59 Å². The highest BCUT2D eigenvalue weighted by Crippen LogP contribution is 2.32. The van der Waals surface area contributed by atoms with Crippen LogP contribution in [0.2, 0.25) is 0 Å². The van der Waals surface area contributed by atoms with E-state index in [1.54, 1.807) is 17.0 Å². The highest BCUT2D eigenvalue weighted by Gasteiger charge is 2.31. The number of carbonyl (C=O) groups excluding carboxylic acids is 1. The van der Waals surface area contributed by atoms with Gasteiger partial charge >= 0.3 is 5.97 Å². The number of aromatic nitrogens is 2. The third kappa shape index (κ3) is 4.20. The Morgan fingerprint density at radius 1 is 1.35 bits per heavy atom. The average molecular weight is 387 g/mol. The van der Waals surface area contributed by atoms with Crippen LogP contribution < -0.4 is 0 Å². The molecule has 1 saturated heterocycles. The van der Waals surface area contributed by atoms with Gasteiger partial charge in [0.1, 0.15) is 4.32 Å². The molecule has 0 saturated carbocycles. The number of nitrogens with zero attached hydrogens (tertiary/aromatic N) is 3. The predicted octanol–water partition coefficient (Wildman–Crippen LogP) is 3.25. The molecule has 1 aliphatic rings. The molecule has 1 aliphatic heterocycles. The van der Waals surface area contributed by atoms with Gasteiger partial charge in [0.2, 0.25) is 0 Å². The highest BCUT2D eigenvalue weighted by atomic mass is 32.2. The lowest BCUT2D eigenvalue weighted by Crippen LogP contribution is -2.29. The van der Waals surface area contributed by atoms with Crippen LogP contribution in [0.1, 0.15) is 24.0 Å². The van der Waals surface area contributed by atoms with Crippen molar-refractivity contribution in [2.75, 3.05) is 6.54 Å². The van der Waals surface area contributed by atoms with Crippen molar-refractivity contribution in [3.8, 4) is 5.69 Å². The van der Waals surface area contributed by atoms with Crippen LogP contribution in [0, 0.1) is 6.92 Å². The van der Waals surface area contributed by atoms with Gasteiger partial charge in [-0.3, -0.25) is 14.5 Å². The molecule has 0 aliphatic carbocycles. The van der Waals surface area contributed by atoms with Gasteiger partial charge in [0.25, 0.3) is 5.91 Å². The molecular weight excluding hydrogens is 370 g/mol. The summed E-state index contributed by atoms with van der Waals surface area (Å²) in [5.41, 5.74) is 2.92. The van der Waals surface area contributed by atoms with Crippen LogP contribution in [0.5, 0.6) is 0 Å². The molecule has 0 spiro atoms. The van der Waals surface area contributed by atoms with Crippen molar-refractivity contribution in [2.45, 2.75) is 19.8 Å². The molecule has 2 heterocycles. The molecule has 3 rings (SSSR count). The van der Waals surface area contributed by atoms with E-state index < -0.39 is 5.97 Å². The van der Waals surface area contributed by atoms with Crippen molar-refractivity contribution in [2.24, 2.45) is 0 Å². The Bertz CT molecular complexity index is 887. The number of thiocarbonyl (C=S) groups is 1. The van der Waals surface area contributed by atoms with Gasteiger partial charge in [-0.05, 0) is 31.6 Å². The Hall–Kier alpha value is -2.45. The maximum Gasteiger partial charge on any atom is 0.303 e. The number of benzene rings is 1. The fourth-order valence-electron chi connectivity index (χ4n) is 2.48. The smallest absolute Gasteiger partial charge is 0.303 e. The van der Waals surface area contributed by atoms with Gasteiger partial charge in [0, 0.05) is 24.7 Å². The highest BCUT2D eigenvalue weighted by molar-refractivity contribution is 8.26. The number of rotatable bonds is 6.